The summed E-state index contributed by atoms with van der Waals surface area (Å²) >= 11 is 0. The summed E-state index contributed by atoms with van der Waals surface area (Å²) in [6.45, 7) is 0. The Morgan fingerprint density at radius 2 is 1.80 bits per heavy atom. The minimum Gasteiger partial charge on any atom is -0.267 e. The van der Waals surface area contributed by atoms with Gasteiger partial charge in [0.15, 0.2) is 5.65 Å². The lowest BCUT2D eigenvalue weighted by Crippen LogP contribution is -2.33. The maximum absolute atomic E-state index is 13.1. The van der Waals surface area contributed by atoms with E-state index in [2.05, 4.69) is 15.5 Å². The predicted octanol–water partition coefficient (Wildman–Crippen LogP) is 3.12. The van der Waals surface area contributed by atoms with Crippen LogP contribution in [-0.2, 0) is 6.18 Å². The van der Waals surface area contributed by atoms with Gasteiger partial charge < -0.3 is 0 Å². The largest absolute Gasteiger partial charge is 0.416 e. The first-order chi connectivity index (χ1) is 14.2. The molecule has 0 fully saturated rings. The lowest BCUT2D eigenvalue weighted by Gasteiger charge is -2.10. The fourth-order valence-corrected chi connectivity index (χ4v) is 2.77. The minimum atomic E-state index is -4.61. The van der Waals surface area contributed by atoms with Gasteiger partial charge in [-0.15, -0.1) is 0 Å². The van der Waals surface area contributed by atoms with E-state index in [4.69, 9.17) is 0 Å². The van der Waals surface area contributed by atoms with Crippen LogP contribution in [0.4, 0.5) is 17.6 Å². The van der Waals surface area contributed by atoms with Crippen molar-refractivity contribution < 1.29 is 22.4 Å². The Morgan fingerprint density at radius 1 is 1.07 bits per heavy atom. The molecule has 2 heterocycles. The number of carbonyl (C=O) groups is 1. The summed E-state index contributed by atoms with van der Waals surface area (Å²) in [6.07, 6.45) is -2.37. The van der Waals surface area contributed by atoms with E-state index in [0.717, 1.165) is 23.1 Å². The summed E-state index contributed by atoms with van der Waals surface area (Å²) in [5, 5.41) is 4.10. The lowest BCUT2D eigenvalue weighted by molar-refractivity contribution is -0.137. The van der Waals surface area contributed by atoms with E-state index in [9.17, 15) is 27.2 Å². The van der Waals surface area contributed by atoms with Crippen molar-refractivity contribution in [3.05, 3.63) is 88.4 Å². The molecule has 7 nitrogen and oxygen atoms in total. The molecule has 0 spiro atoms. The quantitative estimate of drug-likeness (QED) is 0.520. The van der Waals surface area contributed by atoms with Crippen molar-refractivity contribution in [3.63, 3.8) is 0 Å². The van der Waals surface area contributed by atoms with E-state index >= 15 is 0 Å². The molecule has 11 heteroatoms. The van der Waals surface area contributed by atoms with Crippen molar-refractivity contribution in [2.45, 2.75) is 6.18 Å². The normalized spacial score (nSPS) is 11.6. The highest BCUT2D eigenvalue weighted by atomic mass is 19.4. The summed E-state index contributed by atoms with van der Waals surface area (Å²) in [5.74, 6) is -1.36. The number of benzene rings is 2. The molecule has 30 heavy (non-hydrogen) atoms. The lowest BCUT2D eigenvalue weighted by atomic mass is 10.1. The molecular weight excluding hydrogens is 406 g/mol. The van der Waals surface area contributed by atoms with Crippen LogP contribution in [0.1, 0.15) is 15.9 Å². The highest BCUT2D eigenvalue weighted by molar-refractivity contribution is 6.00. The Bertz CT molecular complexity index is 1310. The van der Waals surface area contributed by atoms with Gasteiger partial charge in [-0.25, -0.2) is 18.7 Å². The molecule has 4 aromatic rings. The number of hydrogen-bond donors (Lipinski definition) is 1. The van der Waals surface area contributed by atoms with Gasteiger partial charge >= 0.3 is 6.18 Å². The minimum absolute atomic E-state index is 0.0474. The summed E-state index contributed by atoms with van der Waals surface area (Å²) in [7, 11) is 0. The maximum atomic E-state index is 13.1. The fraction of sp³-hybridized carbons (Fsp3) is 0.0526. The molecule has 0 radical (unpaired) electrons. The molecule has 0 atom stereocenters. The van der Waals surface area contributed by atoms with Gasteiger partial charge in [-0.2, -0.15) is 18.3 Å². The fourth-order valence-electron chi connectivity index (χ4n) is 2.77. The van der Waals surface area contributed by atoms with E-state index in [-0.39, 0.29) is 16.6 Å². The van der Waals surface area contributed by atoms with Crippen molar-refractivity contribution in [1.82, 2.24) is 19.4 Å². The smallest absolute Gasteiger partial charge is 0.267 e. The number of halogens is 4. The van der Waals surface area contributed by atoms with Crippen LogP contribution < -0.4 is 11.0 Å². The van der Waals surface area contributed by atoms with Crippen LogP contribution in [0.25, 0.3) is 16.7 Å². The number of nitrogens with one attached hydrogen (secondary N) is 1. The van der Waals surface area contributed by atoms with Crippen molar-refractivity contribution in [2.75, 3.05) is 5.43 Å². The van der Waals surface area contributed by atoms with Crippen LogP contribution in [-0.4, -0.2) is 25.3 Å². The van der Waals surface area contributed by atoms with Crippen LogP contribution in [0.3, 0.4) is 0 Å². The molecule has 0 aliphatic carbocycles. The number of hydrogen-bond acceptors (Lipinski definition) is 4. The summed E-state index contributed by atoms with van der Waals surface area (Å²) < 4.78 is 53.7. The third-order valence-corrected chi connectivity index (χ3v) is 4.23. The second-order valence-electron chi connectivity index (χ2n) is 6.21. The first kappa shape index (κ1) is 19.3. The standard InChI is InChI=1S/C19H11F4N5O2/c20-13-4-6-14(7-5-13)28-16-15(9-25-28)18(30)27(10-24-16)26-17(29)11-2-1-3-12(8-11)19(21,22)23/h1-10H,(H,26,29). The van der Waals surface area contributed by atoms with Crippen LogP contribution >= 0.6 is 0 Å². The molecule has 152 valence electrons. The Kier molecular flexibility index (Phi) is 4.57. The molecule has 1 N–H and O–H groups in total. The van der Waals surface area contributed by atoms with Gasteiger partial charge in [0.2, 0.25) is 0 Å². The number of fused-ring (bicyclic) bond motifs is 1. The van der Waals surface area contributed by atoms with Crippen molar-refractivity contribution in [2.24, 2.45) is 0 Å². The molecule has 0 aliphatic rings. The second-order valence-corrected chi connectivity index (χ2v) is 6.21. The molecule has 0 saturated heterocycles. The zero-order chi connectivity index (χ0) is 21.5. The molecule has 0 unspecified atom stereocenters. The van der Waals surface area contributed by atoms with Crippen LogP contribution in [0.5, 0.6) is 0 Å². The Hall–Kier alpha value is -4.02. The highest BCUT2D eigenvalue weighted by Crippen LogP contribution is 2.29. The van der Waals surface area contributed by atoms with Gasteiger partial charge in [-0.3, -0.25) is 15.0 Å². The second kappa shape index (κ2) is 7.10. The van der Waals surface area contributed by atoms with Gasteiger partial charge in [0.1, 0.15) is 17.5 Å². The van der Waals surface area contributed by atoms with Gasteiger partial charge in [-0.1, -0.05) is 6.07 Å². The Balaban J connectivity index is 1.66. The van der Waals surface area contributed by atoms with Crippen LogP contribution in [0.2, 0.25) is 0 Å². The Morgan fingerprint density at radius 3 is 2.50 bits per heavy atom. The number of alkyl halides is 3. The molecule has 0 bridgehead atoms. The first-order valence-electron chi connectivity index (χ1n) is 8.44. The number of carbonyl (C=O) groups excluding carboxylic acids is 1. The SMILES string of the molecule is O=C(Nn1cnc2c(cnn2-c2ccc(F)cc2)c1=O)c1cccc(C(F)(F)F)c1. The highest BCUT2D eigenvalue weighted by Gasteiger charge is 2.31. The maximum Gasteiger partial charge on any atom is 0.416 e. The summed E-state index contributed by atoms with van der Waals surface area (Å²) in [6, 6.07) is 9.13. The third-order valence-electron chi connectivity index (χ3n) is 4.23. The van der Waals surface area contributed by atoms with E-state index in [1.165, 1.54) is 41.2 Å². The number of rotatable bonds is 3. The topological polar surface area (TPSA) is 81.8 Å². The number of aromatic nitrogens is 4. The summed E-state index contributed by atoms with van der Waals surface area (Å²) in [4.78, 5) is 29.0. The van der Waals surface area contributed by atoms with Crippen LogP contribution in [0.15, 0.2) is 65.8 Å². The van der Waals surface area contributed by atoms with E-state index < -0.39 is 29.0 Å². The van der Waals surface area contributed by atoms with E-state index in [1.54, 1.807) is 0 Å². The molecule has 2 aromatic carbocycles. The zero-order valence-electron chi connectivity index (χ0n) is 14.9. The molecule has 0 saturated carbocycles. The van der Waals surface area contributed by atoms with Gasteiger partial charge in [-0.05, 0) is 42.5 Å². The molecule has 2 aromatic heterocycles. The summed E-state index contributed by atoms with van der Waals surface area (Å²) in [5.41, 5.74) is 0.873. The zero-order valence-corrected chi connectivity index (χ0v) is 14.9. The van der Waals surface area contributed by atoms with Crippen molar-refractivity contribution in [1.29, 1.82) is 0 Å². The molecular formula is C19H11F4N5O2. The Labute approximate surface area is 165 Å². The first-order valence-corrected chi connectivity index (χ1v) is 8.44. The molecule has 0 aliphatic heterocycles. The predicted molar refractivity (Wildman–Crippen MR) is 98.2 cm³/mol. The van der Waals surface area contributed by atoms with E-state index in [1.807, 2.05) is 0 Å². The van der Waals surface area contributed by atoms with Crippen LogP contribution in [0, 0.1) is 5.82 Å². The third kappa shape index (κ3) is 3.52. The monoisotopic (exact) mass is 417 g/mol. The van der Waals surface area contributed by atoms with Crippen molar-refractivity contribution in [3.8, 4) is 5.69 Å². The van der Waals surface area contributed by atoms with Gasteiger partial charge in [0.25, 0.3) is 11.5 Å². The molecule has 1 amide bonds. The average molecular weight is 417 g/mol. The van der Waals surface area contributed by atoms with Gasteiger partial charge in [0.05, 0.1) is 17.4 Å². The van der Waals surface area contributed by atoms with Gasteiger partial charge in [0, 0.05) is 5.56 Å². The number of amides is 1. The van der Waals surface area contributed by atoms with Crippen molar-refractivity contribution >= 4 is 16.9 Å². The average Bonchev–Trinajstić information content (AvgIpc) is 3.15. The number of nitrogens with zero attached hydrogens (tertiary/aromatic N) is 4. The molecule has 4 rings (SSSR count). The van der Waals surface area contributed by atoms with E-state index in [0.29, 0.717) is 11.8 Å².